The predicted molar refractivity (Wildman–Crippen MR) is 120 cm³/mol. The molecule has 2 aromatic rings. The number of aryl methyl sites for hydroxylation is 1. The van der Waals surface area contributed by atoms with Crippen molar-refractivity contribution in [2.75, 3.05) is 13.2 Å². The van der Waals surface area contributed by atoms with E-state index in [-0.39, 0.29) is 17.2 Å². The third-order valence-electron chi connectivity index (χ3n) is 4.12. The largest absolute Gasteiger partial charge is 0.490 e. The Labute approximate surface area is 187 Å². The smallest absolute Gasteiger partial charge is 0.241 e. The number of benzene rings is 2. The fraction of sp³-hybridized carbons (Fsp3) is 0.286. The van der Waals surface area contributed by atoms with Crippen LogP contribution in [0, 0.1) is 6.92 Å². The minimum Gasteiger partial charge on any atom is -0.490 e. The number of rotatable bonds is 6. The van der Waals surface area contributed by atoms with Crippen LogP contribution in [0.5, 0.6) is 11.5 Å². The summed E-state index contributed by atoms with van der Waals surface area (Å²) in [6.45, 7) is 5.68. The highest BCUT2D eigenvalue weighted by Crippen LogP contribution is 2.40. The Morgan fingerprint density at radius 3 is 2.47 bits per heavy atom. The minimum atomic E-state index is -0.362. The van der Waals surface area contributed by atoms with E-state index >= 15 is 0 Å². The molecule has 0 bridgehead atoms. The Morgan fingerprint density at radius 1 is 1.13 bits per heavy atom. The molecule has 0 saturated heterocycles. The lowest BCUT2D eigenvalue weighted by Gasteiger charge is -2.20. The number of halogens is 1. The number of hydrogen-bond donors (Lipinski definition) is 1. The molecule has 0 radical (unpaired) electrons. The van der Waals surface area contributed by atoms with Gasteiger partial charge in [-0.1, -0.05) is 35.5 Å². The summed E-state index contributed by atoms with van der Waals surface area (Å²) in [6.07, 6.45) is 0. The van der Waals surface area contributed by atoms with E-state index < -0.39 is 0 Å². The number of ether oxygens (including phenoxy) is 2. The average molecular weight is 492 g/mol. The van der Waals surface area contributed by atoms with Gasteiger partial charge in [-0.2, -0.15) is 0 Å². The van der Waals surface area contributed by atoms with Crippen LogP contribution in [-0.4, -0.2) is 35.2 Å². The first kappa shape index (κ1) is 22.2. The number of hydrazone groups is 1. The molecular formula is C21H22BrN3O4S. The van der Waals surface area contributed by atoms with Crippen LogP contribution in [-0.2, 0) is 9.59 Å². The van der Waals surface area contributed by atoms with Crippen molar-refractivity contribution in [3.63, 3.8) is 0 Å². The normalized spacial score (nSPS) is 15.5. The molecule has 0 fully saturated rings. The zero-order chi connectivity index (χ0) is 21.7. The molecular weight excluding hydrogens is 470 g/mol. The highest BCUT2D eigenvalue weighted by Gasteiger charge is 2.32. The van der Waals surface area contributed by atoms with Gasteiger partial charge < -0.3 is 14.8 Å². The third kappa shape index (κ3) is 5.76. The highest BCUT2D eigenvalue weighted by atomic mass is 79.9. The van der Waals surface area contributed by atoms with E-state index in [0.717, 1.165) is 15.8 Å². The van der Waals surface area contributed by atoms with Gasteiger partial charge in [-0.25, -0.2) is 5.01 Å². The molecule has 0 aromatic heterocycles. The Morgan fingerprint density at radius 2 is 1.83 bits per heavy atom. The molecule has 158 valence electrons. The van der Waals surface area contributed by atoms with Gasteiger partial charge in [-0.3, -0.25) is 9.59 Å². The summed E-state index contributed by atoms with van der Waals surface area (Å²) in [5.74, 6) is 1.03. The van der Waals surface area contributed by atoms with Crippen LogP contribution in [0.4, 0.5) is 0 Å². The van der Waals surface area contributed by atoms with Crippen LogP contribution in [0.2, 0.25) is 0 Å². The minimum absolute atomic E-state index is 0.211. The lowest BCUT2D eigenvalue weighted by Crippen LogP contribution is -2.25. The second-order valence-electron chi connectivity index (χ2n) is 6.62. The van der Waals surface area contributed by atoms with E-state index in [1.165, 1.54) is 36.2 Å². The maximum Gasteiger partial charge on any atom is 0.241 e. The van der Waals surface area contributed by atoms with Crippen LogP contribution in [0.15, 0.2) is 52.0 Å². The predicted octanol–water partition coefficient (Wildman–Crippen LogP) is 4.22. The molecule has 1 N–H and O–H groups in total. The van der Waals surface area contributed by atoms with Crippen molar-refractivity contribution in [1.29, 1.82) is 0 Å². The van der Waals surface area contributed by atoms with Gasteiger partial charge in [0, 0.05) is 13.8 Å². The molecule has 2 aromatic carbocycles. The van der Waals surface area contributed by atoms with Gasteiger partial charge >= 0.3 is 0 Å². The zero-order valence-corrected chi connectivity index (χ0v) is 19.2. The van der Waals surface area contributed by atoms with Gasteiger partial charge in [-0.15, -0.1) is 5.10 Å². The first-order valence-corrected chi connectivity index (χ1v) is 10.9. The molecule has 3 rings (SSSR count). The van der Waals surface area contributed by atoms with Crippen molar-refractivity contribution in [1.82, 2.24) is 10.3 Å². The summed E-state index contributed by atoms with van der Waals surface area (Å²) < 4.78 is 12.2. The van der Waals surface area contributed by atoms with E-state index in [4.69, 9.17) is 9.47 Å². The number of amides is 2. The molecule has 1 aliphatic rings. The molecule has 2 amide bonds. The molecule has 1 atom stereocenters. The molecule has 0 spiro atoms. The van der Waals surface area contributed by atoms with Crippen LogP contribution < -0.4 is 14.8 Å². The quantitative estimate of drug-likeness (QED) is 0.611. The summed E-state index contributed by atoms with van der Waals surface area (Å²) in [5, 5.41) is 8.22. The standard InChI is InChI=1S/C21H22BrN3O4S/c1-13-4-7-17(8-5-13)28-10-11-29-19-9-6-16(12-18(19)22)20-25(15(3)27)24-21(30-20)23-14(2)26/h4-9,12,20H,10-11H2,1-3H3,(H,23,24,26). The Bertz CT molecular complexity index is 965. The van der Waals surface area contributed by atoms with Crippen LogP contribution in [0.25, 0.3) is 0 Å². The highest BCUT2D eigenvalue weighted by molar-refractivity contribution is 9.10. The maximum atomic E-state index is 12.0. The van der Waals surface area contributed by atoms with Crippen molar-refractivity contribution < 1.29 is 19.1 Å². The number of thioether (sulfide) groups is 1. The van der Waals surface area contributed by atoms with E-state index in [1.807, 2.05) is 49.4 Å². The lowest BCUT2D eigenvalue weighted by atomic mass is 10.2. The zero-order valence-electron chi connectivity index (χ0n) is 16.8. The van der Waals surface area contributed by atoms with Gasteiger partial charge in [0.15, 0.2) is 5.17 Å². The van der Waals surface area contributed by atoms with Crippen molar-refractivity contribution in [2.45, 2.75) is 26.1 Å². The fourth-order valence-electron chi connectivity index (χ4n) is 2.71. The van der Waals surface area contributed by atoms with Gasteiger partial charge in [-0.05, 0) is 52.7 Å². The molecule has 0 aliphatic carbocycles. The van der Waals surface area contributed by atoms with Crippen LogP contribution in [0.3, 0.4) is 0 Å². The number of nitrogens with zero attached hydrogens (tertiary/aromatic N) is 2. The molecule has 7 nitrogen and oxygen atoms in total. The number of hydrogen-bond acceptors (Lipinski definition) is 6. The monoisotopic (exact) mass is 491 g/mol. The number of carbonyl (C=O) groups excluding carboxylic acids is 2. The Balaban J connectivity index is 1.59. The van der Waals surface area contributed by atoms with Gasteiger partial charge in [0.2, 0.25) is 11.8 Å². The van der Waals surface area contributed by atoms with Crippen molar-refractivity contribution >= 4 is 44.7 Å². The summed E-state index contributed by atoms with van der Waals surface area (Å²) in [4.78, 5) is 23.3. The fourth-order valence-corrected chi connectivity index (χ4v) is 4.35. The summed E-state index contributed by atoms with van der Waals surface area (Å²) in [5.41, 5.74) is 2.04. The first-order chi connectivity index (χ1) is 14.3. The SMILES string of the molecule is CC(=O)NC1=NN(C(C)=O)C(c2ccc(OCCOc3ccc(C)cc3)c(Br)c2)S1. The molecule has 1 aliphatic heterocycles. The van der Waals surface area contributed by atoms with Crippen molar-refractivity contribution in [2.24, 2.45) is 5.10 Å². The maximum absolute atomic E-state index is 12.0. The van der Waals surface area contributed by atoms with E-state index in [9.17, 15) is 9.59 Å². The van der Waals surface area contributed by atoms with E-state index in [1.54, 1.807) is 0 Å². The number of carbonyl (C=O) groups is 2. The van der Waals surface area contributed by atoms with Gasteiger partial charge in [0.1, 0.15) is 30.1 Å². The first-order valence-electron chi connectivity index (χ1n) is 9.28. The van der Waals surface area contributed by atoms with Crippen LogP contribution in [0.1, 0.15) is 30.3 Å². The summed E-state index contributed by atoms with van der Waals surface area (Å²) in [6, 6.07) is 13.4. The average Bonchev–Trinajstić information content (AvgIpc) is 3.11. The molecule has 1 heterocycles. The molecule has 30 heavy (non-hydrogen) atoms. The van der Waals surface area contributed by atoms with Crippen molar-refractivity contribution in [3.8, 4) is 11.5 Å². The molecule has 1 unspecified atom stereocenters. The molecule has 9 heteroatoms. The lowest BCUT2D eigenvalue weighted by molar-refractivity contribution is -0.129. The topological polar surface area (TPSA) is 80.2 Å². The van der Waals surface area contributed by atoms with E-state index in [2.05, 4.69) is 26.3 Å². The van der Waals surface area contributed by atoms with Crippen LogP contribution >= 0.6 is 27.7 Å². The Kier molecular flexibility index (Phi) is 7.38. The second kappa shape index (κ2) is 9.99. The molecule has 0 saturated carbocycles. The summed E-state index contributed by atoms with van der Waals surface area (Å²) >= 11 is 4.83. The van der Waals surface area contributed by atoms with E-state index in [0.29, 0.717) is 24.1 Å². The van der Waals surface area contributed by atoms with Gasteiger partial charge in [0.25, 0.3) is 0 Å². The third-order valence-corrected chi connectivity index (χ3v) is 5.84. The Hall–Kier alpha value is -2.52. The number of nitrogens with one attached hydrogen (secondary N) is 1. The second-order valence-corrected chi connectivity index (χ2v) is 8.54. The number of amidine groups is 1. The summed E-state index contributed by atoms with van der Waals surface area (Å²) in [7, 11) is 0. The van der Waals surface area contributed by atoms with Gasteiger partial charge in [0.05, 0.1) is 4.47 Å². The van der Waals surface area contributed by atoms with Crippen molar-refractivity contribution in [3.05, 3.63) is 58.1 Å².